The fraction of sp³-hybridized carbons (Fsp3) is 0.333. The average Bonchev–Trinajstić information content (AvgIpc) is 2.51. The number of anilines is 2. The van der Waals surface area contributed by atoms with Crippen LogP contribution < -0.4 is 15.4 Å². The molecular weight excluding hydrogens is 271 g/mol. The molecule has 0 bridgehead atoms. The van der Waals surface area contributed by atoms with Gasteiger partial charge in [0.2, 0.25) is 5.95 Å². The first kappa shape index (κ1) is 15.0. The van der Waals surface area contributed by atoms with Crippen LogP contribution in [0.15, 0.2) is 30.5 Å². The molecule has 0 amide bonds. The first-order valence-corrected chi connectivity index (χ1v) is 6.86. The van der Waals surface area contributed by atoms with Crippen molar-refractivity contribution in [2.24, 2.45) is 0 Å². The van der Waals surface area contributed by atoms with Crippen molar-refractivity contribution in [3.8, 4) is 5.75 Å². The molecule has 6 heteroatoms. The number of nitrogens with zero attached hydrogens (tertiary/aromatic N) is 2. The van der Waals surface area contributed by atoms with E-state index >= 15 is 0 Å². The van der Waals surface area contributed by atoms with Crippen LogP contribution in [-0.2, 0) is 6.42 Å². The summed E-state index contributed by atoms with van der Waals surface area (Å²) in [6.45, 7) is 3.21. The lowest BCUT2D eigenvalue weighted by atomic mass is 10.1. The molecule has 1 aromatic heterocycles. The van der Waals surface area contributed by atoms with Gasteiger partial charge in [-0.1, -0.05) is 12.1 Å². The molecule has 0 fully saturated rings. The van der Waals surface area contributed by atoms with Crippen LogP contribution in [0, 0.1) is 5.82 Å². The van der Waals surface area contributed by atoms with Crippen molar-refractivity contribution in [1.29, 1.82) is 0 Å². The molecule has 0 radical (unpaired) electrons. The smallest absolute Gasteiger partial charge is 0.224 e. The summed E-state index contributed by atoms with van der Waals surface area (Å²) in [6.07, 6.45) is 1.94. The highest BCUT2D eigenvalue weighted by Crippen LogP contribution is 2.14. The molecule has 1 heterocycles. The summed E-state index contributed by atoms with van der Waals surface area (Å²) in [5.74, 6) is 1.01. The van der Waals surface area contributed by atoms with E-state index in [1.54, 1.807) is 7.11 Å². The summed E-state index contributed by atoms with van der Waals surface area (Å²) in [5.41, 5.74) is 1.14. The van der Waals surface area contributed by atoms with Gasteiger partial charge >= 0.3 is 0 Å². The van der Waals surface area contributed by atoms with Gasteiger partial charge in [0, 0.05) is 13.1 Å². The minimum absolute atomic E-state index is 0.217. The van der Waals surface area contributed by atoms with Crippen molar-refractivity contribution < 1.29 is 9.13 Å². The predicted molar refractivity (Wildman–Crippen MR) is 81.3 cm³/mol. The number of methoxy groups -OCH3 is 1. The third-order valence-corrected chi connectivity index (χ3v) is 2.94. The van der Waals surface area contributed by atoms with E-state index in [0.717, 1.165) is 17.7 Å². The molecule has 0 aliphatic carbocycles. The van der Waals surface area contributed by atoms with Crippen LogP contribution >= 0.6 is 0 Å². The Bertz CT molecular complexity index is 574. The Morgan fingerprint density at radius 1 is 1.19 bits per heavy atom. The van der Waals surface area contributed by atoms with Crippen molar-refractivity contribution in [2.75, 3.05) is 30.8 Å². The van der Waals surface area contributed by atoms with Crippen molar-refractivity contribution in [3.63, 3.8) is 0 Å². The summed E-state index contributed by atoms with van der Waals surface area (Å²) >= 11 is 0. The summed E-state index contributed by atoms with van der Waals surface area (Å²) in [4.78, 5) is 7.96. The molecule has 112 valence electrons. The first-order chi connectivity index (χ1) is 10.2. The van der Waals surface area contributed by atoms with E-state index in [2.05, 4.69) is 20.6 Å². The van der Waals surface area contributed by atoms with E-state index in [0.29, 0.717) is 19.0 Å². The monoisotopic (exact) mass is 290 g/mol. The zero-order valence-corrected chi connectivity index (χ0v) is 12.2. The second kappa shape index (κ2) is 7.42. The van der Waals surface area contributed by atoms with Crippen LogP contribution in [0.5, 0.6) is 5.75 Å². The highest BCUT2D eigenvalue weighted by molar-refractivity contribution is 5.41. The Labute approximate surface area is 123 Å². The van der Waals surface area contributed by atoms with E-state index < -0.39 is 5.82 Å². The highest BCUT2D eigenvalue weighted by Gasteiger charge is 2.06. The third-order valence-electron chi connectivity index (χ3n) is 2.94. The highest BCUT2D eigenvalue weighted by atomic mass is 19.1. The molecule has 5 nitrogen and oxygen atoms in total. The second-order valence-corrected chi connectivity index (χ2v) is 4.45. The third kappa shape index (κ3) is 4.30. The zero-order valence-electron chi connectivity index (χ0n) is 12.2. The van der Waals surface area contributed by atoms with Gasteiger partial charge < -0.3 is 15.4 Å². The molecular formula is C15H19FN4O. The summed E-state index contributed by atoms with van der Waals surface area (Å²) in [5, 5.41) is 5.94. The maximum Gasteiger partial charge on any atom is 0.224 e. The number of hydrogen-bond acceptors (Lipinski definition) is 5. The Morgan fingerprint density at radius 3 is 2.62 bits per heavy atom. The van der Waals surface area contributed by atoms with Crippen LogP contribution in [-0.4, -0.2) is 30.2 Å². The largest absolute Gasteiger partial charge is 0.497 e. The maximum absolute atomic E-state index is 13.6. The molecule has 2 N–H and O–H groups in total. The molecule has 0 unspecified atom stereocenters. The van der Waals surface area contributed by atoms with E-state index in [4.69, 9.17) is 4.74 Å². The topological polar surface area (TPSA) is 59.1 Å². The molecule has 1 aromatic carbocycles. The lowest BCUT2D eigenvalue weighted by molar-refractivity contribution is 0.414. The summed E-state index contributed by atoms with van der Waals surface area (Å²) in [7, 11) is 1.64. The van der Waals surface area contributed by atoms with Gasteiger partial charge in [-0.15, -0.1) is 0 Å². The van der Waals surface area contributed by atoms with Crippen LogP contribution in [0.1, 0.15) is 12.5 Å². The predicted octanol–water partition coefficient (Wildman–Crippen LogP) is 2.71. The van der Waals surface area contributed by atoms with Gasteiger partial charge in [0.15, 0.2) is 11.6 Å². The molecule has 0 saturated heterocycles. The van der Waals surface area contributed by atoms with Crippen LogP contribution in [0.3, 0.4) is 0 Å². The molecule has 0 atom stereocenters. The minimum Gasteiger partial charge on any atom is -0.497 e. The van der Waals surface area contributed by atoms with E-state index in [1.165, 1.54) is 6.20 Å². The molecule has 0 aliphatic heterocycles. The normalized spacial score (nSPS) is 10.2. The van der Waals surface area contributed by atoms with Gasteiger partial charge in [0.05, 0.1) is 13.3 Å². The van der Waals surface area contributed by atoms with Crippen LogP contribution in [0.4, 0.5) is 16.2 Å². The lowest BCUT2D eigenvalue weighted by Crippen LogP contribution is -2.11. The minimum atomic E-state index is -0.452. The standard InChI is InChI=1S/C15H19FN4O/c1-3-17-15-19-10-13(16)14(20-15)18-9-8-11-4-6-12(21-2)7-5-11/h4-7,10H,3,8-9H2,1-2H3,(H2,17,18,19,20). The summed E-state index contributed by atoms with van der Waals surface area (Å²) in [6, 6.07) is 7.79. The van der Waals surface area contributed by atoms with Crippen molar-refractivity contribution in [3.05, 3.63) is 41.8 Å². The van der Waals surface area contributed by atoms with Gasteiger partial charge in [-0.3, -0.25) is 0 Å². The lowest BCUT2D eigenvalue weighted by Gasteiger charge is -2.09. The fourth-order valence-corrected chi connectivity index (χ4v) is 1.85. The summed E-state index contributed by atoms with van der Waals surface area (Å²) < 4.78 is 18.7. The van der Waals surface area contributed by atoms with Crippen molar-refractivity contribution in [2.45, 2.75) is 13.3 Å². The number of halogens is 1. The number of hydrogen-bond donors (Lipinski definition) is 2. The van der Waals surface area contributed by atoms with Gasteiger partial charge in [-0.2, -0.15) is 4.98 Å². The number of ether oxygens (including phenoxy) is 1. The Hall–Kier alpha value is -2.37. The number of benzene rings is 1. The number of nitrogens with one attached hydrogen (secondary N) is 2. The van der Waals surface area contributed by atoms with Gasteiger partial charge in [0.25, 0.3) is 0 Å². The van der Waals surface area contributed by atoms with Gasteiger partial charge in [-0.25, -0.2) is 9.37 Å². The maximum atomic E-state index is 13.6. The van der Waals surface area contributed by atoms with Crippen molar-refractivity contribution in [1.82, 2.24) is 9.97 Å². The Kier molecular flexibility index (Phi) is 5.31. The quantitative estimate of drug-likeness (QED) is 0.821. The Balaban J connectivity index is 1.91. The molecule has 0 saturated carbocycles. The molecule has 2 rings (SSSR count). The molecule has 2 aromatic rings. The van der Waals surface area contributed by atoms with E-state index in [1.807, 2.05) is 31.2 Å². The fourth-order valence-electron chi connectivity index (χ4n) is 1.85. The number of aromatic nitrogens is 2. The van der Waals surface area contributed by atoms with Gasteiger partial charge in [0.1, 0.15) is 5.75 Å². The SMILES string of the molecule is CCNc1ncc(F)c(NCCc2ccc(OC)cc2)n1. The zero-order chi connectivity index (χ0) is 15.1. The van der Waals surface area contributed by atoms with E-state index in [-0.39, 0.29) is 5.82 Å². The Morgan fingerprint density at radius 2 is 1.95 bits per heavy atom. The first-order valence-electron chi connectivity index (χ1n) is 6.86. The number of rotatable bonds is 7. The second-order valence-electron chi connectivity index (χ2n) is 4.45. The van der Waals surface area contributed by atoms with Gasteiger partial charge in [-0.05, 0) is 31.0 Å². The van der Waals surface area contributed by atoms with Crippen LogP contribution in [0.2, 0.25) is 0 Å². The molecule has 0 spiro atoms. The van der Waals surface area contributed by atoms with E-state index in [9.17, 15) is 4.39 Å². The molecule has 0 aliphatic rings. The van der Waals surface area contributed by atoms with Crippen molar-refractivity contribution >= 4 is 11.8 Å². The molecule has 21 heavy (non-hydrogen) atoms. The average molecular weight is 290 g/mol. The van der Waals surface area contributed by atoms with Crippen LogP contribution in [0.25, 0.3) is 0 Å².